The van der Waals surface area contributed by atoms with Crippen LogP contribution in [0.15, 0.2) is 17.1 Å². The number of aliphatic hydroxyl groups is 2. The van der Waals surface area contributed by atoms with Crippen LogP contribution in [0.25, 0.3) is 0 Å². The second-order valence-electron chi connectivity index (χ2n) is 3.92. The van der Waals surface area contributed by atoms with Gasteiger partial charge in [0.05, 0.1) is 6.20 Å². The lowest BCUT2D eigenvalue weighted by Crippen LogP contribution is -2.36. The highest BCUT2D eigenvalue weighted by Gasteiger charge is 2.43. The molecule has 102 valence electrons. The van der Waals surface area contributed by atoms with Gasteiger partial charge in [-0.15, -0.1) is 0 Å². The van der Waals surface area contributed by atoms with Crippen LogP contribution in [0.2, 0.25) is 0 Å². The molecule has 1 saturated heterocycles. The van der Waals surface area contributed by atoms with Gasteiger partial charge in [-0.1, -0.05) is 0 Å². The summed E-state index contributed by atoms with van der Waals surface area (Å²) in [6.45, 7) is 0. The summed E-state index contributed by atoms with van der Waals surface area (Å²) in [5.74, 6) is -0.158. The summed E-state index contributed by atoms with van der Waals surface area (Å²) in [6, 6.07) is 0. The van der Waals surface area contributed by atoms with E-state index in [1.807, 2.05) is 0 Å². The van der Waals surface area contributed by atoms with Crippen molar-refractivity contribution in [1.82, 2.24) is 9.55 Å². The minimum atomic E-state index is -1.53. The summed E-state index contributed by atoms with van der Waals surface area (Å²) in [5, 5.41) is 19.3. The number of halogens is 1. The molecule has 19 heavy (non-hydrogen) atoms. The zero-order valence-electron chi connectivity index (χ0n) is 9.43. The first-order chi connectivity index (χ1) is 8.95. The Morgan fingerprint density at radius 3 is 2.84 bits per heavy atom. The Bertz CT molecular complexity index is 597. The van der Waals surface area contributed by atoms with Gasteiger partial charge in [0.1, 0.15) is 24.3 Å². The average molecular weight is 271 g/mol. The molecular formula is C10H10FN3O5. The first-order valence-electron chi connectivity index (χ1n) is 5.22. The minimum Gasteiger partial charge on any atom is -0.387 e. The molecule has 1 fully saturated rings. The van der Waals surface area contributed by atoms with Gasteiger partial charge in [0.15, 0.2) is 17.9 Å². The molecule has 2 rings (SSSR count). The van der Waals surface area contributed by atoms with Gasteiger partial charge in [0, 0.05) is 6.08 Å². The second-order valence-corrected chi connectivity index (χ2v) is 3.92. The maximum Gasteiger partial charge on any atom is 0.351 e. The number of aliphatic hydroxyl groups excluding tert-OH is 2. The highest BCUT2D eigenvalue weighted by atomic mass is 19.1. The molecule has 0 saturated carbocycles. The summed E-state index contributed by atoms with van der Waals surface area (Å²) >= 11 is 0. The third kappa shape index (κ3) is 2.27. The van der Waals surface area contributed by atoms with Crippen LogP contribution in [0.4, 0.5) is 10.2 Å². The van der Waals surface area contributed by atoms with Crippen molar-refractivity contribution < 1.29 is 24.1 Å². The fourth-order valence-electron chi connectivity index (χ4n) is 1.76. The maximum atomic E-state index is 13.3. The number of carbonyl (C=O) groups excluding carboxylic acids is 1. The number of nitrogens with zero attached hydrogens (tertiary/aromatic N) is 2. The quantitative estimate of drug-likeness (QED) is 0.529. The zero-order chi connectivity index (χ0) is 14.2. The fourth-order valence-corrected chi connectivity index (χ4v) is 1.76. The number of anilines is 1. The van der Waals surface area contributed by atoms with E-state index in [0.717, 1.165) is 6.08 Å². The number of aromatic nitrogens is 2. The van der Waals surface area contributed by atoms with Crippen LogP contribution >= 0.6 is 0 Å². The van der Waals surface area contributed by atoms with Crippen LogP contribution < -0.4 is 11.4 Å². The van der Waals surface area contributed by atoms with Gasteiger partial charge in [0.2, 0.25) is 0 Å². The molecule has 8 nitrogen and oxygen atoms in total. The molecule has 0 amide bonds. The molecule has 0 aliphatic carbocycles. The van der Waals surface area contributed by atoms with Crippen molar-refractivity contribution in [2.45, 2.75) is 24.5 Å². The van der Waals surface area contributed by atoms with E-state index in [9.17, 15) is 24.2 Å². The van der Waals surface area contributed by atoms with Gasteiger partial charge in [0.25, 0.3) is 0 Å². The van der Waals surface area contributed by atoms with E-state index in [1.54, 1.807) is 0 Å². The molecule has 0 bridgehead atoms. The Morgan fingerprint density at radius 2 is 2.21 bits per heavy atom. The molecule has 2 heterocycles. The SMILES string of the molecule is Nc1nc(=O)n([C@@H]2O[C@H](C=C=O)[C@@H](O)[C@H]2O)cc1F. The molecule has 1 aromatic heterocycles. The van der Waals surface area contributed by atoms with Crippen molar-refractivity contribution in [3.05, 3.63) is 28.6 Å². The van der Waals surface area contributed by atoms with E-state index < -0.39 is 41.9 Å². The van der Waals surface area contributed by atoms with Crippen molar-refractivity contribution in [3.8, 4) is 0 Å². The molecule has 1 aromatic rings. The molecule has 1 aliphatic heterocycles. The number of nitrogen functional groups attached to an aromatic ring is 1. The van der Waals surface area contributed by atoms with Crippen molar-refractivity contribution in [2.75, 3.05) is 5.73 Å². The van der Waals surface area contributed by atoms with Crippen molar-refractivity contribution in [2.24, 2.45) is 0 Å². The van der Waals surface area contributed by atoms with Crippen molar-refractivity contribution >= 4 is 11.8 Å². The predicted molar refractivity (Wildman–Crippen MR) is 59.1 cm³/mol. The van der Waals surface area contributed by atoms with E-state index in [0.29, 0.717) is 10.8 Å². The van der Waals surface area contributed by atoms with Crippen LogP contribution in [0.3, 0.4) is 0 Å². The van der Waals surface area contributed by atoms with E-state index >= 15 is 0 Å². The van der Waals surface area contributed by atoms with Crippen LogP contribution in [0.1, 0.15) is 6.23 Å². The van der Waals surface area contributed by atoms with Gasteiger partial charge in [-0.05, 0) is 0 Å². The Morgan fingerprint density at radius 1 is 1.53 bits per heavy atom. The van der Waals surface area contributed by atoms with E-state index in [4.69, 9.17) is 10.5 Å². The third-order valence-corrected chi connectivity index (χ3v) is 2.72. The summed E-state index contributed by atoms with van der Waals surface area (Å²) in [4.78, 5) is 25.0. The Hall–Kier alpha value is -2.06. The average Bonchev–Trinajstić information content (AvgIpc) is 2.63. The van der Waals surface area contributed by atoms with Gasteiger partial charge in [-0.25, -0.2) is 14.0 Å². The minimum absolute atomic E-state index is 0.585. The third-order valence-electron chi connectivity index (χ3n) is 2.72. The van der Waals surface area contributed by atoms with E-state index in [1.165, 1.54) is 5.94 Å². The molecule has 0 radical (unpaired) electrons. The van der Waals surface area contributed by atoms with Crippen LogP contribution in [0, 0.1) is 5.82 Å². The molecule has 9 heteroatoms. The predicted octanol–water partition coefficient (Wildman–Crippen LogP) is -2.03. The summed E-state index contributed by atoms with van der Waals surface area (Å²) in [6.07, 6.45) is -3.95. The zero-order valence-corrected chi connectivity index (χ0v) is 9.43. The second kappa shape index (κ2) is 4.90. The normalized spacial score (nSPS) is 30.1. The van der Waals surface area contributed by atoms with Crippen LogP contribution in [-0.4, -0.2) is 44.0 Å². The highest BCUT2D eigenvalue weighted by molar-refractivity contribution is 5.46. The molecule has 0 unspecified atom stereocenters. The maximum absolute atomic E-state index is 13.3. The Labute approximate surface area is 105 Å². The number of ether oxygens (including phenoxy) is 1. The van der Waals surface area contributed by atoms with Crippen LogP contribution in [0.5, 0.6) is 0 Å². The van der Waals surface area contributed by atoms with Crippen LogP contribution in [-0.2, 0) is 9.53 Å². The summed E-state index contributed by atoms with van der Waals surface area (Å²) < 4.78 is 19.0. The van der Waals surface area contributed by atoms with E-state index in [2.05, 4.69) is 4.98 Å². The van der Waals surface area contributed by atoms with Gasteiger partial charge >= 0.3 is 5.69 Å². The molecule has 4 atom stereocenters. The number of rotatable bonds is 2. The first kappa shape index (κ1) is 13.4. The fraction of sp³-hybridized carbons (Fsp3) is 0.400. The smallest absolute Gasteiger partial charge is 0.351 e. The summed E-state index contributed by atoms with van der Waals surface area (Å²) in [7, 11) is 0. The molecular weight excluding hydrogens is 261 g/mol. The number of hydrogen-bond acceptors (Lipinski definition) is 7. The van der Waals surface area contributed by atoms with E-state index in [-0.39, 0.29) is 0 Å². The Balaban J connectivity index is 2.40. The molecule has 0 aromatic carbocycles. The van der Waals surface area contributed by atoms with Gasteiger partial charge in [-0.2, -0.15) is 4.98 Å². The van der Waals surface area contributed by atoms with Crippen molar-refractivity contribution in [1.29, 1.82) is 0 Å². The molecule has 4 N–H and O–H groups in total. The molecule has 1 aliphatic rings. The number of hydrogen-bond donors (Lipinski definition) is 3. The summed E-state index contributed by atoms with van der Waals surface area (Å²) in [5.41, 5.74) is 4.16. The standard InChI is InChI=1S/C10H10FN3O5/c11-4-3-14(10(18)13-8(4)12)9-7(17)6(16)5(19-9)1-2-15/h1,3,5-7,9,16-17H,(H2,12,13,18)/t5-,6-,7-,9-/m1/s1. The lowest BCUT2D eigenvalue weighted by atomic mass is 10.1. The number of nitrogens with two attached hydrogens (primary N) is 1. The first-order valence-corrected chi connectivity index (χ1v) is 5.22. The highest BCUT2D eigenvalue weighted by Crippen LogP contribution is 2.28. The molecule has 0 spiro atoms. The lowest BCUT2D eigenvalue weighted by molar-refractivity contribution is -0.0299. The van der Waals surface area contributed by atoms with Gasteiger partial charge in [-0.3, -0.25) is 4.57 Å². The van der Waals surface area contributed by atoms with Crippen molar-refractivity contribution in [3.63, 3.8) is 0 Å². The topological polar surface area (TPSA) is 128 Å². The largest absolute Gasteiger partial charge is 0.387 e. The monoisotopic (exact) mass is 271 g/mol. The Kier molecular flexibility index (Phi) is 3.45. The lowest BCUT2D eigenvalue weighted by Gasteiger charge is -2.17. The van der Waals surface area contributed by atoms with Gasteiger partial charge < -0.3 is 20.7 Å².